The number of rotatable bonds is 5. The Balaban J connectivity index is 2.25. The molecule has 2 rings (SSSR count). The largest absolute Gasteiger partial charge is 0.310 e. The number of halogens is 2. The maximum atomic E-state index is 12.5. The molecule has 0 saturated carbocycles. The van der Waals surface area contributed by atoms with E-state index in [1.165, 1.54) is 12.4 Å². The molecule has 7 heteroatoms. The summed E-state index contributed by atoms with van der Waals surface area (Å²) in [5, 5.41) is 12.4. The van der Waals surface area contributed by atoms with Gasteiger partial charge >= 0.3 is 0 Å². The van der Waals surface area contributed by atoms with Crippen molar-refractivity contribution in [1.82, 2.24) is 9.97 Å². The van der Waals surface area contributed by atoms with E-state index < -0.39 is 5.92 Å². The van der Waals surface area contributed by atoms with Gasteiger partial charge in [-0.3, -0.25) is 4.79 Å². The quantitative estimate of drug-likeness (QED) is 0.822. The van der Waals surface area contributed by atoms with E-state index in [4.69, 9.17) is 28.5 Å². The molecule has 0 saturated heterocycles. The predicted molar refractivity (Wildman–Crippen MR) is 89.5 cm³/mol. The fraction of sp³-hybridized carbons (Fsp3) is 0.250. The minimum atomic E-state index is -0.436. The summed E-state index contributed by atoms with van der Waals surface area (Å²) in [5.74, 6) is -0.230. The van der Waals surface area contributed by atoms with Crippen LogP contribution in [0.4, 0.5) is 5.82 Å². The first-order valence-corrected chi connectivity index (χ1v) is 7.78. The minimum absolute atomic E-state index is 0.131. The predicted octanol–water partition coefficient (Wildman–Crippen LogP) is 4.18. The monoisotopic (exact) mass is 348 g/mol. The third-order valence-electron chi connectivity index (χ3n) is 3.26. The molecule has 118 valence electrons. The fourth-order valence-corrected chi connectivity index (χ4v) is 2.39. The van der Waals surface area contributed by atoms with Crippen LogP contribution in [-0.4, -0.2) is 15.9 Å². The number of hydrogen-bond acceptors (Lipinski definition) is 4. The van der Waals surface area contributed by atoms with Crippen LogP contribution in [-0.2, 0) is 4.79 Å². The summed E-state index contributed by atoms with van der Waals surface area (Å²) in [5.41, 5.74) is 0.905. The van der Waals surface area contributed by atoms with Crippen LogP contribution in [0, 0.1) is 11.3 Å². The van der Waals surface area contributed by atoms with Gasteiger partial charge in [0.2, 0.25) is 5.91 Å². The van der Waals surface area contributed by atoms with Gasteiger partial charge in [-0.25, -0.2) is 9.97 Å². The van der Waals surface area contributed by atoms with Crippen LogP contribution < -0.4 is 5.32 Å². The van der Waals surface area contributed by atoms with Crippen LogP contribution in [0.3, 0.4) is 0 Å². The van der Waals surface area contributed by atoms with E-state index in [2.05, 4.69) is 15.3 Å². The zero-order chi connectivity index (χ0) is 16.8. The number of aromatic nitrogens is 2. The maximum absolute atomic E-state index is 12.5. The van der Waals surface area contributed by atoms with Crippen molar-refractivity contribution in [2.75, 3.05) is 5.32 Å². The Morgan fingerprint density at radius 2 is 2.13 bits per heavy atom. The molecule has 0 radical (unpaired) electrons. The first-order valence-electron chi connectivity index (χ1n) is 7.03. The van der Waals surface area contributed by atoms with Gasteiger partial charge < -0.3 is 5.32 Å². The fourth-order valence-electron chi connectivity index (χ4n) is 2.13. The molecular weight excluding hydrogens is 335 g/mol. The van der Waals surface area contributed by atoms with E-state index in [9.17, 15) is 4.79 Å². The highest BCUT2D eigenvalue weighted by Gasteiger charge is 2.22. The molecule has 0 aliphatic heterocycles. The first-order chi connectivity index (χ1) is 11.0. The van der Waals surface area contributed by atoms with Crippen molar-refractivity contribution in [3.63, 3.8) is 0 Å². The molecule has 0 aliphatic carbocycles. The van der Waals surface area contributed by atoms with Gasteiger partial charge in [0.1, 0.15) is 17.0 Å². The molecule has 2 aromatic rings. The second-order valence-electron chi connectivity index (χ2n) is 4.91. The minimum Gasteiger partial charge on any atom is -0.310 e. The summed E-state index contributed by atoms with van der Waals surface area (Å²) in [4.78, 5) is 20.6. The molecule has 2 heterocycles. The third kappa shape index (κ3) is 4.41. The number of nitrogens with one attached hydrogen (secondary N) is 1. The average Bonchev–Trinajstić information content (AvgIpc) is 2.55. The van der Waals surface area contributed by atoms with Gasteiger partial charge in [-0.2, -0.15) is 5.26 Å². The molecule has 1 amide bonds. The molecule has 0 bridgehead atoms. The van der Waals surface area contributed by atoms with E-state index in [0.717, 1.165) is 6.42 Å². The summed E-state index contributed by atoms with van der Waals surface area (Å²) in [7, 11) is 0. The van der Waals surface area contributed by atoms with E-state index in [1.54, 1.807) is 18.2 Å². The van der Waals surface area contributed by atoms with E-state index in [0.29, 0.717) is 22.8 Å². The summed E-state index contributed by atoms with van der Waals surface area (Å²) < 4.78 is 0. The number of nitriles is 1. The van der Waals surface area contributed by atoms with Crippen molar-refractivity contribution in [3.8, 4) is 6.07 Å². The van der Waals surface area contributed by atoms with Gasteiger partial charge in [-0.05, 0) is 30.2 Å². The number of hydrogen-bond donors (Lipinski definition) is 1. The van der Waals surface area contributed by atoms with E-state index >= 15 is 0 Å². The van der Waals surface area contributed by atoms with Crippen molar-refractivity contribution in [2.24, 2.45) is 0 Å². The Bertz CT molecular complexity index is 741. The highest BCUT2D eigenvalue weighted by Crippen LogP contribution is 2.25. The van der Waals surface area contributed by atoms with Crippen LogP contribution in [0.1, 0.15) is 36.8 Å². The highest BCUT2D eigenvalue weighted by molar-refractivity contribution is 6.30. The maximum Gasteiger partial charge on any atom is 0.233 e. The molecule has 1 atom stereocenters. The van der Waals surface area contributed by atoms with Crippen LogP contribution in [0.15, 0.2) is 30.6 Å². The molecule has 1 unspecified atom stereocenters. The Labute approximate surface area is 144 Å². The Morgan fingerprint density at radius 3 is 2.74 bits per heavy atom. The number of anilines is 1. The van der Waals surface area contributed by atoms with Gasteiger partial charge in [0.15, 0.2) is 0 Å². The van der Waals surface area contributed by atoms with Gasteiger partial charge in [0.05, 0.1) is 16.5 Å². The molecule has 0 aromatic carbocycles. The average molecular weight is 349 g/mol. The molecule has 0 fully saturated rings. The van der Waals surface area contributed by atoms with Crippen molar-refractivity contribution in [1.29, 1.82) is 5.26 Å². The van der Waals surface area contributed by atoms with Gasteiger partial charge in [0, 0.05) is 12.4 Å². The molecule has 23 heavy (non-hydrogen) atoms. The molecule has 0 aliphatic rings. The van der Waals surface area contributed by atoms with Crippen LogP contribution in [0.25, 0.3) is 0 Å². The smallest absolute Gasteiger partial charge is 0.233 e. The summed E-state index contributed by atoms with van der Waals surface area (Å²) in [6, 6.07) is 6.85. The highest BCUT2D eigenvalue weighted by atomic mass is 35.5. The van der Waals surface area contributed by atoms with Crippen molar-refractivity contribution in [2.45, 2.75) is 25.7 Å². The van der Waals surface area contributed by atoms with Crippen LogP contribution in [0.2, 0.25) is 10.2 Å². The lowest BCUT2D eigenvalue weighted by Crippen LogP contribution is -2.22. The van der Waals surface area contributed by atoms with Gasteiger partial charge in [-0.15, -0.1) is 0 Å². The molecular formula is C16H14Cl2N4O. The number of carbonyl (C=O) groups excluding carboxylic acids is 1. The van der Waals surface area contributed by atoms with Crippen molar-refractivity contribution < 1.29 is 4.79 Å². The Kier molecular flexibility index (Phi) is 5.91. The molecule has 1 N–H and O–H groups in total. The Hall–Kier alpha value is -2.16. The zero-order valence-corrected chi connectivity index (χ0v) is 13.9. The van der Waals surface area contributed by atoms with Gasteiger partial charge in [0.25, 0.3) is 0 Å². The van der Waals surface area contributed by atoms with Crippen molar-refractivity contribution >= 4 is 34.9 Å². The Morgan fingerprint density at radius 1 is 1.35 bits per heavy atom. The van der Waals surface area contributed by atoms with Crippen molar-refractivity contribution in [3.05, 3.63) is 51.9 Å². The van der Waals surface area contributed by atoms with E-state index in [-0.39, 0.29) is 16.6 Å². The molecule has 0 spiro atoms. The summed E-state index contributed by atoms with van der Waals surface area (Å²) >= 11 is 11.6. The second kappa shape index (κ2) is 7.91. The zero-order valence-electron chi connectivity index (χ0n) is 12.4. The molecule has 5 nitrogen and oxygen atoms in total. The van der Waals surface area contributed by atoms with Gasteiger partial charge in [-0.1, -0.05) is 36.5 Å². The topological polar surface area (TPSA) is 78.7 Å². The normalized spacial score (nSPS) is 11.6. The lowest BCUT2D eigenvalue weighted by atomic mass is 9.94. The SMILES string of the molecule is CCCC(C(=O)Nc1ccc(Cl)cn1)c1cnc(Cl)c(C#N)c1. The lowest BCUT2D eigenvalue weighted by molar-refractivity contribution is -0.117. The second-order valence-corrected chi connectivity index (χ2v) is 5.71. The third-order valence-corrected chi connectivity index (χ3v) is 3.78. The number of nitrogens with zero attached hydrogens (tertiary/aromatic N) is 3. The molecule has 2 aromatic heterocycles. The summed E-state index contributed by atoms with van der Waals surface area (Å²) in [6.45, 7) is 1.98. The van der Waals surface area contributed by atoms with Crippen LogP contribution in [0.5, 0.6) is 0 Å². The first kappa shape index (κ1) is 17.2. The number of pyridine rings is 2. The van der Waals surface area contributed by atoms with Crippen LogP contribution >= 0.6 is 23.2 Å². The summed E-state index contributed by atoms with van der Waals surface area (Å²) in [6.07, 6.45) is 4.41. The lowest BCUT2D eigenvalue weighted by Gasteiger charge is -2.16. The number of amides is 1. The van der Waals surface area contributed by atoms with E-state index in [1.807, 2.05) is 13.0 Å². The standard InChI is InChI=1S/C16H14Cl2N4O/c1-2-3-13(11-6-10(7-19)15(18)21-8-11)16(23)22-14-5-4-12(17)9-20-14/h4-6,8-9,13H,2-3H2,1H3,(H,20,22,23). The number of carbonyl (C=O) groups is 1.